The summed E-state index contributed by atoms with van der Waals surface area (Å²) in [5, 5.41) is 8.80. The van der Waals surface area contributed by atoms with Crippen molar-refractivity contribution >= 4 is 27.7 Å². The smallest absolute Gasteiger partial charge is 0.178 e. The van der Waals surface area contributed by atoms with Crippen LogP contribution in [0.3, 0.4) is 0 Å². The summed E-state index contributed by atoms with van der Waals surface area (Å²) in [5.74, 6) is 0.141. The molecule has 0 aliphatic carbocycles. The lowest BCUT2D eigenvalue weighted by Gasteiger charge is -2.07. The first-order chi connectivity index (χ1) is 15.0. The molecule has 0 bridgehead atoms. The molecular weight excluding hydrogens is 406 g/mol. The molecule has 0 saturated heterocycles. The Bertz CT molecular complexity index is 1100. The van der Waals surface area contributed by atoms with Crippen LogP contribution in [0.4, 0.5) is 5.69 Å². The lowest BCUT2D eigenvalue weighted by Crippen LogP contribution is -2.06. The van der Waals surface area contributed by atoms with Crippen LogP contribution in [0, 0.1) is 0 Å². The summed E-state index contributed by atoms with van der Waals surface area (Å²) in [6.45, 7) is 0.159. The van der Waals surface area contributed by atoms with Gasteiger partial charge in [0, 0.05) is 12.3 Å². The Balaban J connectivity index is 1.70. The van der Waals surface area contributed by atoms with Crippen LogP contribution < -0.4 is 5.73 Å². The van der Waals surface area contributed by atoms with Crippen LogP contribution in [0.5, 0.6) is 0 Å². The number of rotatable bonds is 10. The lowest BCUT2D eigenvalue weighted by molar-refractivity contribution is 0.283. The van der Waals surface area contributed by atoms with E-state index in [0.29, 0.717) is 11.3 Å². The van der Waals surface area contributed by atoms with Crippen molar-refractivity contribution in [3.8, 4) is 11.1 Å². The molecule has 0 atom stereocenters. The van der Waals surface area contributed by atoms with Crippen LogP contribution in [0.25, 0.3) is 23.3 Å². The fraction of sp³-hybridized carbons (Fsp3) is 0.231. The van der Waals surface area contributed by atoms with E-state index in [-0.39, 0.29) is 12.4 Å². The molecule has 0 radical (unpaired) electrons. The van der Waals surface area contributed by atoms with Crippen LogP contribution in [0.1, 0.15) is 36.8 Å². The molecule has 3 N–H and O–H groups in total. The molecule has 3 aromatic rings. The van der Waals surface area contributed by atoms with Gasteiger partial charge in [-0.1, -0.05) is 73.5 Å². The van der Waals surface area contributed by atoms with E-state index in [1.807, 2.05) is 60.7 Å². The van der Waals surface area contributed by atoms with Crippen LogP contribution in [0.15, 0.2) is 77.7 Å². The molecule has 0 spiro atoms. The van der Waals surface area contributed by atoms with Crippen LogP contribution in [-0.2, 0) is 9.84 Å². The van der Waals surface area contributed by atoms with E-state index in [1.54, 1.807) is 12.1 Å². The number of aliphatic hydroxyl groups excluding tert-OH is 1. The molecule has 0 fully saturated rings. The third-order valence-electron chi connectivity index (χ3n) is 5.20. The van der Waals surface area contributed by atoms with Gasteiger partial charge in [0.15, 0.2) is 9.84 Å². The predicted molar refractivity (Wildman–Crippen MR) is 129 cm³/mol. The molecule has 31 heavy (non-hydrogen) atoms. The maximum atomic E-state index is 12.5. The van der Waals surface area contributed by atoms with Crippen molar-refractivity contribution in [2.24, 2.45) is 0 Å². The highest BCUT2D eigenvalue weighted by atomic mass is 32.2. The zero-order valence-electron chi connectivity index (χ0n) is 17.6. The van der Waals surface area contributed by atoms with E-state index < -0.39 is 9.84 Å². The molecule has 162 valence electrons. The zero-order chi connectivity index (χ0) is 22.1. The quantitative estimate of drug-likeness (QED) is 0.253. The summed E-state index contributed by atoms with van der Waals surface area (Å²) in [5.41, 5.74) is 10.8. The van der Waals surface area contributed by atoms with Crippen molar-refractivity contribution in [2.75, 3.05) is 18.1 Å². The van der Waals surface area contributed by atoms with Crippen molar-refractivity contribution in [2.45, 2.75) is 30.6 Å². The fourth-order valence-electron chi connectivity index (χ4n) is 3.42. The largest absolute Gasteiger partial charge is 0.399 e. The van der Waals surface area contributed by atoms with E-state index in [0.717, 1.165) is 47.2 Å². The Morgan fingerprint density at radius 1 is 0.774 bits per heavy atom. The second-order valence-electron chi connectivity index (χ2n) is 7.57. The summed E-state index contributed by atoms with van der Waals surface area (Å²) in [6, 6.07) is 22.9. The van der Waals surface area contributed by atoms with Gasteiger partial charge in [-0.3, -0.25) is 0 Å². The fourth-order valence-corrected chi connectivity index (χ4v) is 4.79. The number of hydrogen-bond acceptors (Lipinski definition) is 4. The van der Waals surface area contributed by atoms with Crippen molar-refractivity contribution in [1.29, 1.82) is 0 Å². The maximum absolute atomic E-state index is 12.5. The molecule has 0 aliphatic heterocycles. The van der Waals surface area contributed by atoms with Gasteiger partial charge in [-0.05, 0) is 59.4 Å². The Labute approximate surface area is 185 Å². The minimum Gasteiger partial charge on any atom is -0.399 e. The van der Waals surface area contributed by atoms with E-state index in [1.165, 1.54) is 0 Å². The first-order valence-corrected chi connectivity index (χ1v) is 12.2. The number of aliphatic hydroxyl groups is 1. The third-order valence-corrected chi connectivity index (χ3v) is 7.01. The number of sulfone groups is 1. The Morgan fingerprint density at radius 2 is 1.45 bits per heavy atom. The highest BCUT2D eigenvalue weighted by Gasteiger charge is 2.13. The topological polar surface area (TPSA) is 80.4 Å². The second kappa shape index (κ2) is 10.9. The number of nitrogen functional groups attached to an aromatic ring is 1. The average molecular weight is 436 g/mol. The van der Waals surface area contributed by atoms with Gasteiger partial charge in [0.2, 0.25) is 0 Å². The second-order valence-corrected chi connectivity index (χ2v) is 9.68. The predicted octanol–water partition coefficient (Wildman–Crippen LogP) is 5.43. The lowest BCUT2D eigenvalue weighted by atomic mass is 9.98. The summed E-state index contributed by atoms with van der Waals surface area (Å²) < 4.78 is 25.0. The van der Waals surface area contributed by atoms with Gasteiger partial charge >= 0.3 is 0 Å². The molecule has 4 nitrogen and oxygen atoms in total. The molecule has 0 heterocycles. The number of benzene rings is 3. The van der Waals surface area contributed by atoms with E-state index in [2.05, 4.69) is 12.1 Å². The third kappa shape index (κ3) is 6.54. The molecule has 0 saturated carbocycles. The first-order valence-electron chi connectivity index (χ1n) is 10.6. The summed E-state index contributed by atoms with van der Waals surface area (Å²) in [4.78, 5) is 0.356. The molecule has 0 aromatic heterocycles. The van der Waals surface area contributed by atoms with Crippen LogP contribution in [-0.4, -0.2) is 25.9 Å². The number of anilines is 1. The van der Waals surface area contributed by atoms with Gasteiger partial charge in [-0.25, -0.2) is 8.42 Å². The number of unbranched alkanes of at least 4 members (excludes halogenated alkanes) is 3. The number of nitrogens with two attached hydrogens (primary N) is 1. The van der Waals surface area contributed by atoms with Gasteiger partial charge in [0.05, 0.1) is 10.6 Å². The van der Waals surface area contributed by atoms with E-state index in [4.69, 9.17) is 10.8 Å². The maximum Gasteiger partial charge on any atom is 0.178 e. The summed E-state index contributed by atoms with van der Waals surface area (Å²) in [7, 11) is -3.27. The van der Waals surface area contributed by atoms with Crippen molar-refractivity contribution in [1.82, 2.24) is 0 Å². The summed E-state index contributed by atoms with van der Waals surface area (Å²) >= 11 is 0. The highest BCUT2D eigenvalue weighted by molar-refractivity contribution is 7.91. The molecule has 3 aromatic carbocycles. The summed E-state index contributed by atoms with van der Waals surface area (Å²) in [6.07, 6.45) is 7.04. The first kappa shape index (κ1) is 22.8. The molecule has 0 unspecified atom stereocenters. The van der Waals surface area contributed by atoms with Gasteiger partial charge in [-0.15, -0.1) is 0 Å². The van der Waals surface area contributed by atoms with Crippen molar-refractivity contribution in [3.05, 3.63) is 83.9 Å². The Kier molecular flexibility index (Phi) is 8.04. The molecule has 3 rings (SSSR count). The van der Waals surface area contributed by atoms with E-state index >= 15 is 0 Å². The van der Waals surface area contributed by atoms with Crippen molar-refractivity contribution in [3.63, 3.8) is 0 Å². The average Bonchev–Trinajstić information content (AvgIpc) is 2.78. The number of hydrogen-bond donors (Lipinski definition) is 2. The van der Waals surface area contributed by atoms with Gasteiger partial charge in [0.1, 0.15) is 0 Å². The molecular formula is C26H29NO3S. The molecule has 5 heteroatoms. The standard InChI is InChI=1S/C26H29NO3S/c27-24-15-13-23(14-16-24)26-8-4-3-7-22(26)12-9-21-10-17-25(18-11-21)31(29,30)20-6-2-1-5-19-28/h3-4,7-18,28H,1-2,5-6,19-20,27H2. The van der Waals surface area contributed by atoms with Gasteiger partial charge in [-0.2, -0.15) is 0 Å². The minimum absolute atomic E-state index is 0.141. The Morgan fingerprint density at radius 3 is 2.16 bits per heavy atom. The SMILES string of the molecule is Nc1ccc(-c2ccccc2C=Cc2ccc(S(=O)(=O)CCCCCCO)cc2)cc1. The molecule has 0 amide bonds. The minimum atomic E-state index is -3.27. The highest BCUT2D eigenvalue weighted by Crippen LogP contribution is 2.26. The monoisotopic (exact) mass is 435 g/mol. The Hall–Kier alpha value is -2.89. The normalized spacial score (nSPS) is 11.8. The van der Waals surface area contributed by atoms with E-state index in [9.17, 15) is 8.42 Å². The van der Waals surface area contributed by atoms with Gasteiger partial charge in [0.25, 0.3) is 0 Å². The molecule has 0 aliphatic rings. The van der Waals surface area contributed by atoms with Crippen molar-refractivity contribution < 1.29 is 13.5 Å². The zero-order valence-corrected chi connectivity index (χ0v) is 18.4. The van der Waals surface area contributed by atoms with Crippen LogP contribution >= 0.6 is 0 Å². The van der Waals surface area contributed by atoms with Gasteiger partial charge < -0.3 is 10.8 Å². The van der Waals surface area contributed by atoms with Crippen LogP contribution in [0.2, 0.25) is 0 Å².